The molecule has 2 heteroatoms. The van der Waals surface area contributed by atoms with Crippen molar-refractivity contribution >= 4 is 6.29 Å². The van der Waals surface area contributed by atoms with Gasteiger partial charge < -0.3 is 4.79 Å². The number of nitrogens with zero attached hydrogens (tertiary/aromatic N) is 1. The third-order valence-electron chi connectivity index (χ3n) is 3.68. The van der Waals surface area contributed by atoms with Crippen LogP contribution in [-0.4, -0.2) is 30.3 Å². The number of hydrogen-bond acceptors (Lipinski definition) is 2. The highest BCUT2D eigenvalue weighted by atomic mass is 16.1. The van der Waals surface area contributed by atoms with Gasteiger partial charge in [-0.25, -0.2) is 0 Å². The molecule has 0 aliphatic carbocycles. The van der Waals surface area contributed by atoms with E-state index >= 15 is 0 Å². The summed E-state index contributed by atoms with van der Waals surface area (Å²) in [6, 6.07) is 0.143. The molecule has 2 nitrogen and oxygen atoms in total. The molecule has 0 radical (unpaired) electrons. The summed E-state index contributed by atoms with van der Waals surface area (Å²) in [6.45, 7) is 13.2. The number of carbonyl (C=O) groups is 1. The van der Waals surface area contributed by atoms with Crippen molar-refractivity contribution in [2.24, 2.45) is 17.3 Å². The van der Waals surface area contributed by atoms with E-state index in [-0.39, 0.29) is 6.04 Å². The van der Waals surface area contributed by atoms with Crippen LogP contribution >= 0.6 is 0 Å². The maximum absolute atomic E-state index is 11.0. The van der Waals surface area contributed by atoms with Crippen LogP contribution in [0.3, 0.4) is 0 Å². The molecule has 0 bridgehead atoms. The second kappa shape index (κ2) is 4.01. The van der Waals surface area contributed by atoms with Gasteiger partial charge in [0.1, 0.15) is 6.29 Å². The van der Waals surface area contributed by atoms with Gasteiger partial charge >= 0.3 is 0 Å². The van der Waals surface area contributed by atoms with Crippen molar-refractivity contribution in [2.45, 2.75) is 40.7 Å². The fraction of sp³-hybridized carbons (Fsp3) is 0.917. The summed E-state index contributed by atoms with van der Waals surface area (Å²) in [6.07, 6.45) is 1.12. The summed E-state index contributed by atoms with van der Waals surface area (Å²) in [5.74, 6) is 1.13. The molecule has 82 valence electrons. The van der Waals surface area contributed by atoms with Crippen molar-refractivity contribution < 1.29 is 4.79 Å². The van der Waals surface area contributed by atoms with Gasteiger partial charge in [-0.15, -0.1) is 0 Å². The average molecular weight is 197 g/mol. The first-order chi connectivity index (χ1) is 6.41. The van der Waals surface area contributed by atoms with Crippen LogP contribution in [0.25, 0.3) is 0 Å². The van der Waals surface area contributed by atoms with Gasteiger partial charge in [0.2, 0.25) is 0 Å². The molecule has 3 atom stereocenters. The molecule has 1 heterocycles. The molecular formula is C12H23NO. The second-order valence-corrected chi connectivity index (χ2v) is 5.55. The normalized spacial score (nSPS) is 34.8. The fourth-order valence-electron chi connectivity index (χ4n) is 2.72. The van der Waals surface area contributed by atoms with E-state index in [0.717, 1.165) is 19.4 Å². The zero-order valence-corrected chi connectivity index (χ0v) is 10.1. The van der Waals surface area contributed by atoms with E-state index in [0.29, 0.717) is 17.3 Å². The topological polar surface area (TPSA) is 20.3 Å². The monoisotopic (exact) mass is 197 g/mol. The Morgan fingerprint density at radius 2 is 2.00 bits per heavy atom. The summed E-state index contributed by atoms with van der Waals surface area (Å²) in [4.78, 5) is 13.3. The minimum Gasteiger partial charge on any atom is -0.302 e. The van der Waals surface area contributed by atoms with Crippen LogP contribution in [0.4, 0.5) is 0 Å². The van der Waals surface area contributed by atoms with Gasteiger partial charge in [0, 0.05) is 6.54 Å². The van der Waals surface area contributed by atoms with E-state index in [1.165, 1.54) is 0 Å². The minimum atomic E-state index is 0.143. The molecule has 1 saturated heterocycles. The predicted octanol–water partition coefficient (Wildman–Crippen LogP) is 2.19. The third-order valence-corrected chi connectivity index (χ3v) is 3.68. The number of rotatable bonds is 2. The van der Waals surface area contributed by atoms with Gasteiger partial charge in [0.15, 0.2) is 0 Å². The first-order valence-electron chi connectivity index (χ1n) is 5.61. The number of aldehydes is 1. The van der Waals surface area contributed by atoms with Crippen LogP contribution in [0.2, 0.25) is 0 Å². The molecular weight excluding hydrogens is 174 g/mol. The van der Waals surface area contributed by atoms with Gasteiger partial charge in [-0.1, -0.05) is 34.6 Å². The Labute approximate surface area is 87.7 Å². The van der Waals surface area contributed by atoms with Gasteiger partial charge in [-0.05, 0) is 23.8 Å². The molecule has 0 spiro atoms. The van der Waals surface area contributed by atoms with E-state index in [4.69, 9.17) is 0 Å². The first-order valence-corrected chi connectivity index (χ1v) is 5.61. The maximum atomic E-state index is 11.0. The van der Waals surface area contributed by atoms with Gasteiger partial charge in [0.25, 0.3) is 0 Å². The van der Waals surface area contributed by atoms with Crippen molar-refractivity contribution in [3.63, 3.8) is 0 Å². The molecule has 0 aromatic heterocycles. The Bertz CT molecular complexity index is 207. The molecule has 1 aliphatic heterocycles. The van der Waals surface area contributed by atoms with E-state index in [2.05, 4.69) is 39.5 Å². The molecule has 1 rings (SSSR count). The van der Waals surface area contributed by atoms with Gasteiger partial charge in [0.05, 0.1) is 6.04 Å². The predicted molar refractivity (Wildman–Crippen MR) is 59.2 cm³/mol. The Kier molecular flexibility index (Phi) is 3.36. The van der Waals surface area contributed by atoms with Gasteiger partial charge in [-0.2, -0.15) is 0 Å². The molecule has 3 unspecified atom stereocenters. The highest BCUT2D eigenvalue weighted by Gasteiger charge is 2.43. The van der Waals surface area contributed by atoms with Crippen LogP contribution in [0.5, 0.6) is 0 Å². The largest absolute Gasteiger partial charge is 0.302 e. The number of likely N-dealkylation sites (N-methyl/N-ethyl adjacent to an activating group) is 1. The smallest absolute Gasteiger partial charge is 0.137 e. The summed E-state index contributed by atoms with van der Waals surface area (Å²) < 4.78 is 0. The van der Waals surface area contributed by atoms with E-state index < -0.39 is 0 Å². The SMILES string of the molecule is CCN1CC(C(C)(C)C)C(C)C1C=O. The molecule has 0 saturated carbocycles. The van der Waals surface area contributed by atoms with Crippen molar-refractivity contribution in [1.82, 2.24) is 4.90 Å². The summed E-state index contributed by atoms with van der Waals surface area (Å²) >= 11 is 0. The maximum Gasteiger partial charge on any atom is 0.137 e. The quantitative estimate of drug-likeness (QED) is 0.632. The van der Waals surface area contributed by atoms with Crippen LogP contribution in [-0.2, 0) is 4.79 Å². The number of likely N-dealkylation sites (tertiary alicyclic amines) is 1. The van der Waals surface area contributed by atoms with Crippen molar-refractivity contribution in [1.29, 1.82) is 0 Å². The lowest BCUT2D eigenvalue weighted by atomic mass is 9.74. The van der Waals surface area contributed by atoms with Crippen molar-refractivity contribution in [2.75, 3.05) is 13.1 Å². The molecule has 1 fully saturated rings. The highest BCUT2D eigenvalue weighted by molar-refractivity contribution is 5.59. The number of hydrogen-bond donors (Lipinski definition) is 0. The Balaban J connectivity index is 2.81. The Morgan fingerprint density at radius 3 is 2.29 bits per heavy atom. The number of carbonyl (C=O) groups excluding carboxylic acids is 1. The third kappa shape index (κ3) is 2.00. The summed E-state index contributed by atoms with van der Waals surface area (Å²) in [7, 11) is 0. The Hall–Kier alpha value is -0.370. The molecule has 0 amide bonds. The minimum absolute atomic E-state index is 0.143. The zero-order chi connectivity index (χ0) is 10.9. The molecule has 0 N–H and O–H groups in total. The molecule has 1 aliphatic rings. The lowest BCUT2D eigenvalue weighted by molar-refractivity contribution is -0.112. The molecule has 0 aromatic carbocycles. The van der Waals surface area contributed by atoms with Crippen molar-refractivity contribution in [3.8, 4) is 0 Å². The van der Waals surface area contributed by atoms with E-state index in [1.54, 1.807) is 0 Å². The highest BCUT2D eigenvalue weighted by Crippen LogP contribution is 2.40. The van der Waals surface area contributed by atoms with Gasteiger partial charge in [-0.3, -0.25) is 4.90 Å². The summed E-state index contributed by atoms with van der Waals surface area (Å²) in [5, 5.41) is 0. The standard InChI is InChI=1S/C12H23NO/c1-6-13-7-10(12(3,4)5)9(2)11(13)8-14/h8-11H,6-7H2,1-5H3. The second-order valence-electron chi connectivity index (χ2n) is 5.55. The van der Waals surface area contributed by atoms with E-state index in [9.17, 15) is 4.79 Å². The van der Waals surface area contributed by atoms with Crippen LogP contribution in [0.15, 0.2) is 0 Å². The molecule has 0 aromatic rings. The van der Waals surface area contributed by atoms with Crippen LogP contribution in [0.1, 0.15) is 34.6 Å². The lowest BCUT2D eigenvalue weighted by Crippen LogP contribution is -2.33. The average Bonchev–Trinajstić information content (AvgIpc) is 2.40. The lowest BCUT2D eigenvalue weighted by Gasteiger charge is -2.30. The Morgan fingerprint density at radius 1 is 1.43 bits per heavy atom. The fourth-order valence-corrected chi connectivity index (χ4v) is 2.72. The summed E-state index contributed by atoms with van der Waals surface area (Å²) in [5.41, 5.74) is 0.310. The van der Waals surface area contributed by atoms with E-state index in [1.807, 2.05) is 0 Å². The zero-order valence-electron chi connectivity index (χ0n) is 10.1. The van der Waals surface area contributed by atoms with Crippen LogP contribution < -0.4 is 0 Å². The first kappa shape index (κ1) is 11.7. The van der Waals surface area contributed by atoms with Crippen molar-refractivity contribution in [3.05, 3.63) is 0 Å². The molecule has 14 heavy (non-hydrogen) atoms. The van der Waals surface area contributed by atoms with Crippen LogP contribution in [0, 0.1) is 17.3 Å².